The molecule has 5 nitrogen and oxygen atoms in total. The van der Waals surface area contributed by atoms with Crippen LogP contribution >= 0.6 is 0 Å². The van der Waals surface area contributed by atoms with Gasteiger partial charge >= 0.3 is 5.97 Å². The maximum absolute atomic E-state index is 11.9. The molecule has 0 amide bonds. The number of carbonyl (C=O) groups is 1. The number of carboxylic acid groups (broad SMARTS) is 1. The predicted octanol–water partition coefficient (Wildman–Crippen LogP) is 2.19. The molecule has 2 aliphatic rings. The Balaban J connectivity index is 1.83. The van der Waals surface area contributed by atoms with E-state index < -0.39 is 11.5 Å². The number of benzene rings is 1. The zero-order chi connectivity index (χ0) is 15.0. The number of carboxylic acids is 1. The van der Waals surface area contributed by atoms with Crippen LogP contribution in [-0.2, 0) is 4.79 Å². The van der Waals surface area contributed by atoms with Crippen LogP contribution in [0.15, 0.2) is 24.3 Å². The van der Waals surface area contributed by atoms with E-state index in [4.69, 9.17) is 4.74 Å². The number of hydrogen-bond donors (Lipinski definition) is 2. The Morgan fingerprint density at radius 3 is 2.33 bits per heavy atom. The lowest BCUT2D eigenvalue weighted by Gasteiger charge is -2.43. The van der Waals surface area contributed by atoms with Crippen LogP contribution in [0.2, 0.25) is 0 Å². The molecule has 0 aromatic heterocycles. The highest BCUT2D eigenvalue weighted by Crippen LogP contribution is 2.41. The van der Waals surface area contributed by atoms with Gasteiger partial charge in [-0.1, -0.05) is 0 Å². The van der Waals surface area contributed by atoms with Gasteiger partial charge in [0.15, 0.2) is 0 Å². The lowest BCUT2D eigenvalue weighted by Crippen LogP contribution is -2.57. The zero-order valence-electron chi connectivity index (χ0n) is 12.5. The van der Waals surface area contributed by atoms with Crippen LogP contribution in [0, 0.1) is 0 Å². The molecule has 0 spiro atoms. The molecule has 2 heterocycles. The van der Waals surface area contributed by atoms with Crippen molar-refractivity contribution in [1.29, 1.82) is 0 Å². The molecule has 3 rings (SSSR count). The lowest BCUT2D eigenvalue weighted by atomic mass is 9.82. The number of ether oxygens (including phenoxy) is 1. The van der Waals surface area contributed by atoms with Crippen molar-refractivity contribution in [3.63, 3.8) is 0 Å². The number of hydrogen-bond acceptors (Lipinski definition) is 4. The minimum Gasteiger partial charge on any atom is -0.497 e. The Bertz CT molecular complexity index is 515. The molecule has 2 atom stereocenters. The normalized spacial score (nSPS) is 31.9. The van der Waals surface area contributed by atoms with Gasteiger partial charge in [-0.05, 0) is 57.0 Å². The number of nitrogens with one attached hydrogen (secondary N) is 1. The van der Waals surface area contributed by atoms with Crippen LogP contribution < -0.4 is 10.1 Å². The Morgan fingerprint density at radius 1 is 1.29 bits per heavy atom. The van der Waals surface area contributed by atoms with Crippen LogP contribution in [0.5, 0.6) is 5.75 Å². The van der Waals surface area contributed by atoms with Gasteiger partial charge in [0, 0.05) is 17.8 Å². The summed E-state index contributed by atoms with van der Waals surface area (Å²) in [5, 5.41) is 13.1. The Morgan fingerprint density at radius 2 is 1.86 bits per heavy atom. The largest absolute Gasteiger partial charge is 0.497 e. The molecule has 5 heteroatoms. The molecule has 0 radical (unpaired) electrons. The summed E-state index contributed by atoms with van der Waals surface area (Å²) in [4.78, 5) is 14.3. The molecular weight excluding hydrogens is 268 g/mol. The summed E-state index contributed by atoms with van der Waals surface area (Å²) in [5.74, 6) is 0.0247. The van der Waals surface area contributed by atoms with Crippen molar-refractivity contribution in [3.8, 4) is 5.75 Å². The first-order chi connectivity index (χ1) is 10.0. The standard InChI is InChI=1S/C16H22N2O3/c1-18-12-5-6-13(18)10-16(9-12,15(19)20)17-11-3-7-14(21-2)8-4-11/h3-4,7-8,12-13,17H,5-6,9-10H2,1-2H3,(H,19,20). The molecule has 0 saturated carbocycles. The van der Waals surface area contributed by atoms with Gasteiger partial charge in [0.25, 0.3) is 0 Å². The topological polar surface area (TPSA) is 61.8 Å². The summed E-state index contributed by atoms with van der Waals surface area (Å²) in [7, 11) is 3.73. The summed E-state index contributed by atoms with van der Waals surface area (Å²) in [6.45, 7) is 0. The van der Waals surface area contributed by atoms with Crippen molar-refractivity contribution in [2.75, 3.05) is 19.5 Å². The third kappa shape index (κ3) is 2.46. The molecule has 1 aromatic carbocycles. The Kier molecular flexibility index (Phi) is 3.53. The molecule has 114 valence electrons. The SMILES string of the molecule is COc1ccc(NC2(C(=O)O)CC3CCC(C2)N3C)cc1. The van der Waals surface area contributed by atoms with E-state index in [9.17, 15) is 9.90 Å². The van der Waals surface area contributed by atoms with E-state index in [0.717, 1.165) is 24.3 Å². The van der Waals surface area contributed by atoms with E-state index in [0.29, 0.717) is 24.9 Å². The second-order valence-corrected chi connectivity index (χ2v) is 6.20. The van der Waals surface area contributed by atoms with Gasteiger partial charge in [-0.25, -0.2) is 4.79 Å². The van der Waals surface area contributed by atoms with E-state index in [1.165, 1.54) is 0 Å². The average Bonchev–Trinajstić information content (AvgIpc) is 2.71. The number of fused-ring (bicyclic) bond motifs is 2. The van der Waals surface area contributed by atoms with Gasteiger partial charge in [0.1, 0.15) is 11.3 Å². The van der Waals surface area contributed by atoms with Crippen LogP contribution in [0.4, 0.5) is 5.69 Å². The Labute approximate surface area is 124 Å². The number of methoxy groups -OCH3 is 1. The first-order valence-electron chi connectivity index (χ1n) is 7.42. The summed E-state index contributed by atoms with van der Waals surface area (Å²) < 4.78 is 5.14. The van der Waals surface area contributed by atoms with Crippen LogP contribution in [-0.4, -0.2) is 47.8 Å². The van der Waals surface area contributed by atoms with Crippen molar-refractivity contribution >= 4 is 11.7 Å². The number of rotatable bonds is 4. The number of anilines is 1. The molecule has 2 aliphatic heterocycles. The first-order valence-corrected chi connectivity index (χ1v) is 7.42. The van der Waals surface area contributed by atoms with Crippen molar-refractivity contribution in [1.82, 2.24) is 4.90 Å². The van der Waals surface area contributed by atoms with Crippen molar-refractivity contribution in [2.24, 2.45) is 0 Å². The van der Waals surface area contributed by atoms with Crippen molar-refractivity contribution in [2.45, 2.75) is 43.3 Å². The van der Waals surface area contributed by atoms with Crippen molar-refractivity contribution in [3.05, 3.63) is 24.3 Å². The third-order valence-corrected chi connectivity index (χ3v) is 5.04. The predicted molar refractivity (Wildman–Crippen MR) is 80.8 cm³/mol. The number of aliphatic carboxylic acids is 1. The number of piperidine rings is 1. The third-order valence-electron chi connectivity index (χ3n) is 5.04. The van der Waals surface area contributed by atoms with Gasteiger partial charge in [-0.15, -0.1) is 0 Å². The number of nitrogens with zero attached hydrogens (tertiary/aromatic N) is 1. The van der Waals surface area contributed by atoms with E-state index >= 15 is 0 Å². The lowest BCUT2D eigenvalue weighted by molar-refractivity contribution is -0.145. The van der Waals surface area contributed by atoms with E-state index in [-0.39, 0.29) is 0 Å². The van der Waals surface area contributed by atoms with Crippen LogP contribution in [0.1, 0.15) is 25.7 Å². The first kappa shape index (κ1) is 14.2. The summed E-state index contributed by atoms with van der Waals surface area (Å²) >= 11 is 0. The highest BCUT2D eigenvalue weighted by Gasteiger charge is 2.51. The van der Waals surface area contributed by atoms with Gasteiger partial charge in [0.05, 0.1) is 7.11 Å². The average molecular weight is 290 g/mol. The summed E-state index contributed by atoms with van der Waals surface area (Å²) in [6.07, 6.45) is 3.50. The molecular formula is C16H22N2O3. The van der Waals surface area contributed by atoms with Gasteiger partial charge in [0.2, 0.25) is 0 Å². The molecule has 2 fully saturated rings. The second kappa shape index (κ2) is 5.22. The fourth-order valence-electron chi connectivity index (χ4n) is 3.75. The van der Waals surface area contributed by atoms with Crippen LogP contribution in [0.3, 0.4) is 0 Å². The highest BCUT2D eigenvalue weighted by molar-refractivity contribution is 5.83. The zero-order valence-corrected chi connectivity index (χ0v) is 12.5. The molecule has 2 N–H and O–H groups in total. The van der Waals surface area contributed by atoms with Crippen molar-refractivity contribution < 1.29 is 14.6 Å². The van der Waals surface area contributed by atoms with Crippen LogP contribution in [0.25, 0.3) is 0 Å². The van der Waals surface area contributed by atoms with Gasteiger partial charge in [-0.3, -0.25) is 0 Å². The van der Waals surface area contributed by atoms with E-state index in [1.54, 1.807) is 7.11 Å². The Hall–Kier alpha value is -1.75. The summed E-state index contributed by atoms with van der Waals surface area (Å²) in [6, 6.07) is 8.19. The monoisotopic (exact) mass is 290 g/mol. The van der Waals surface area contributed by atoms with Gasteiger partial charge < -0.3 is 20.1 Å². The molecule has 2 bridgehead atoms. The quantitative estimate of drug-likeness (QED) is 0.890. The molecule has 2 saturated heterocycles. The minimum atomic E-state index is -0.854. The molecule has 21 heavy (non-hydrogen) atoms. The maximum Gasteiger partial charge on any atom is 0.329 e. The smallest absolute Gasteiger partial charge is 0.329 e. The van der Waals surface area contributed by atoms with Gasteiger partial charge in [-0.2, -0.15) is 0 Å². The molecule has 1 aromatic rings. The van der Waals surface area contributed by atoms with E-state index in [2.05, 4.69) is 17.3 Å². The summed E-state index contributed by atoms with van der Waals surface area (Å²) in [5.41, 5.74) is -0.0189. The fourth-order valence-corrected chi connectivity index (χ4v) is 3.75. The maximum atomic E-state index is 11.9. The van der Waals surface area contributed by atoms with E-state index in [1.807, 2.05) is 24.3 Å². The molecule has 0 aliphatic carbocycles. The fraction of sp³-hybridized carbons (Fsp3) is 0.562. The minimum absolute atomic E-state index is 0.366. The molecule has 2 unspecified atom stereocenters. The second-order valence-electron chi connectivity index (χ2n) is 6.20. The highest BCUT2D eigenvalue weighted by atomic mass is 16.5.